The summed E-state index contributed by atoms with van der Waals surface area (Å²) in [5, 5.41) is 1.08. The normalized spacial score (nSPS) is 18.0. The zero-order valence-electron chi connectivity index (χ0n) is 12.1. The van der Waals surface area contributed by atoms with E-state index in [-0.39, 0.29) is 4.83 Å². The van der Waals surface area contributed by atoms with Crippen LogP contribution in [0.2, 0.25) is 0 Å². The summed E-state index contributed by atoms with van der Waals surface area (Å²) >= 11 is 3.35. The molecule has 2 heterocycles. The first-order valence-corrected chi connectivity index (χ1v) is 8.52. The molecule has 2 aromatic rings. The fourth-order valence-corrected chi connectivity index (χ4v) is 3.23. The number of carbonyl (C=O) groups excluding carboxylic acids is 1. The smallest absolute Gasteiger partial charge is 0.138 e. The number of fused-ring (bicyclic) bond motifs is 1. The summed E-state index contributed by atoms with van der Waals surface area (Å²) in [6.45, 7) is 3.51. The SMILES string of the molecule is O=CC(Br)c1ccc2oc(CCN3CCCCC3)cc2c1. The molecule has 0 spiro atoms. The first-order chi connectivity index (χ1) is 10.3. The molecule has 0 radical (unpaired) electrons. The van der Waals surface area contributed by atoms with Gasteiger partial charge in [0.15, 0.2) is 0 Å². The van der Waals surface area contributed by atoms with Gasteiger partial charge in [0.05, 0.1) is 4.83 Å². The third-order valence-corrected chi connectivity index (χ3v) is 4.90. The van der Waals surface area contributed by atoms with Crippen molar-refractivity contribution in [2.24, 2.45) is 0 Å². The number of hydrogen-bond donors (Lipinski definition) is 0. The van der Waals surface area contributed by atoms with Gasteiger partial charge in [0.25, 0.3) is 0 Å². The maximum atomic E-state index is 10.8. The molecule has 0 N–H and O–H groups in total. The Morgan fingerprint density at radius 2 is 2.05 bits per heavy atom. The van der Waals surface area contributed by atoms with E-state index in [1.165, 1.54) is 32.4 Å². The van der Waals surface area contributed by atoms with E-state index >= 15 is 0 Å². The minimum Gasteiger partial charge on any atom is -0.461 e. The molecule has 1 aliphatic rings. The van der Waals surface area contributed by atoms with Crippen LogP contribution in [0.3, 0.4) is 0 Å². The van der Waals surface area contributed by atoms with Crippen LogP contribution >= 0.6 is 15.9 Å². The fourth-order valence-electron chi connectivity index (χ4n) is 2.94. The van der Waals surface area contributed by atoms with Crippen LogP contribution in [0.1, 0.15) is 35.4 Å². The van der Waals surface area contributed by atoms with Crippen LogP contribution < -0.4 is 0 Å². The highest BCUT2D eigenvalue weighted by molar-refractivity contribution is 9.09. The van der Waals surface area contributed by atoms with E-state index in [4.69, 9.17) is 4.42 Å². The van der Waals surface area contributed by atoms with Crippen LogP contribution in [0, 0.1) is 0 Å². The Kier molecular flexibility index (Phi) is 4.76. The number of likely N-dealkylation sites (tertiary alicyclic amines) is 1. The second-order valence-electron chi connectivity index (χ2n) is 5.70. The van der Waals surface area contributed by atoms with Gasteiger partial charge in [-0.15, -0.1) is 0 Å². The highest BCUT2D eigenvalue weighted by Gasteiger charge is 2.12. The number of halogens is 1. The van der Waals surface area contributed by atoms with E-state index in [9.17, 15) is 4.79 Å². The van der Waals surface area contributed by atoms with Crippen LogP contribution in [0.4, 0.5) is 0 Å². The Balaban J connectivity index is 1.70. The Morgan fingerprint density at radius 3 is 2.81 bits per heavy atom. The standard InChI is InChI=1S/C17H20BrNO2/c18-16(12-20)13-4-5-17-14(10-13)11-15(21-17)6-9-19-7-2-1-3-8-19/h4-5,10-12,16H,1-3,6-9H2. The fraction of sp³-hybridized carbons (Fsp3) is 0.471. The van der Waals surface area contributed by atoms with Crippen molar-refractivity contribution in [1.82, 2.24) is 4.90 Å². The topological polar surface area (TPSA) is 33.5 Å². The molecule has 21 heavy (non-hydrogen) atoms. The Morgan fingerprint density at radius 1 is 1.24 bits per heavy atom. The Hall–Kier alpha value is -1.13. The van der Waals surface area contributed by atoms with E-state index in [1.807, 2.05) is 18.2 Å². The monoisotopic (exact) mass is 349 g/mol. The number of hydrogen-bond acceptors (Lipinski definition) is 3. The lowest BCUT2D eigenvalue weighted by atomic mass is 10.1. The van der Waals surface area contributed by atoms with Gasteiger partial charge in [-0.3, -0.25) is 0 Å². The van der Waals surface area contributed by atoms with Gasteiger partial charge in [-0.2, -0.15) is 0 Å². The van der Waals surface area contributed by atoms with Gasteiger partial charge in [-0.05, 0) is 49.7 Å². The van der Waals surface area contributed by atoms with E-state index in [0.29, 0.717) is 0 Å². The summed E-state index contributed by atoms with van der Waals surface area (Å²) in [5.74, 6) is 1.03. The van der Waals surface area contributed by atoms with Gasteiger partial charge in [0, 0.05) is 18.4 Å². The minimum atomic E-state index is -0.242. The molecule has 0 bridgehead atoms. The van der Waals surface area contributed by atoms with Crippen LogP contribution in [-0.4, -0.2) is 30.8 Å². The van der Waals surface area contributed by atoms with Crippen LogP contribution in [-0.2, 0) is 11.2 Å². The van der Waals surface area contributed by atoms with Crippen LogP contribution in [0.5, 0.6) is 0 Å². The maximum Gasteiger partial charge on any atom is 0.138 e. The van der Waals surface area contributed by atoms with Crippen molar-refractivity contribution in [1.29, 1.82) is 0 Å². The predicted molar refractivity (Wildman–Crippen MR) is 87.9 cm³/mol. The lowest BCUT2D eigenvalue weighted by molar-refractivity contribution is -0.107. The molecule has 0 amide bonds. The van der Waals surface area contributed by atoms with Crippen LogP contribution in [0.15, 0.2) is 28.7 Å². The number of alkyl halides is 1. The molecule has 1 aromatic carbocycles. The number of aldehydes is 1. The quantitative estimate of drug-likeness (QED) is 0.601. The largest absolute Gasteiger partial charge is 0.461 e. The molecule has 1 saturated heterocycles. The van der Waals surface area contributed by atoms with E-state index < -0.39 is 0 Å². The summed E-state index contributed by atoms with van der Waals surface area (Å²) < 4.78 is 5.90. The minimum absolute atomic E-state index is 0.242. The zero-order valence-corrected chi connectivity index (χ0v) is 13.6. The number of rotatable bonds is 5. The first kappa shape index (κ1) is 14.8. The van der Waals surface area contributed by atoms with Gasteiger partial charge in [-0.25, -0.2) is 0 Å². The molecule has 1 aromatic heterocycles. The number of benzene rings is 1. The molecular formula is C17H20BrNO2. The lowest BCUT2D eigenvalue weighted by Crippen LogP contribution is -2.31. The van der Waals surface area contributed by atoms with Gasteiger partial charge in [0.1, 0.15) is 17.6 Å². The van der Waals surface area contributed by atoms with E-state index in [1.54, 1.807) is 0 Å². The van der Waals surface area contributed by atoms with E-state index in [2.05, 4.69) is 26.9 Å². The molecule has 1 fully saturated rings. The molecule has 3 nitrogen and oxygen atoms in total. The average Bonchev–Trinajstić information content (AvgIpc) is 2.95. The molecule has 0 saturated carbocycles. The van der Waals surface area contributed by atoms with Gasteiger partial charge in [0.2, 0.25) is 0 Å². The van der Waals surface area contributed by atoms with Crippen molar-refractivity contribution in [2.45, 2.75) is 30.5 Å². The highest BCUT2D eigenvalue weighted by Crippen LogP contribution is 2.27. The number of furan rings is 1. The molecule has 3 rings (SSSR count). The summed E-state index contributed by atoms with van der Waals surface area (Å²) in [6, 6.07) is 8.02. The molecule has 112 valence electrons. The zero-order chi connectivity index (χ0) is 14.7. The average molecular weight is 350 g/mol. The Labute approximate surface area is 133 Å². The van der Waals surface area contributed by atoms with Crippen molar-refractivity contribution in [3.63, 3.8) is 0 Å². The Bertz CT molecular complexity index is 616. The summed E-state index contributed by atoms with van der Waals surface area (Å²) in [6.07, 6.45) is 5.87. The molecule has 1 atom stereocenters. The third kappa shape index (κ3) is 3.55. The highest BCUT2D eigenvalue weighted by atomic mass is 79.9. The number of carbonyl (C=O) groups is 1. The molecular weight excluding hydrogens is 330 g/mol. The van der Waals surface area contributed by atoms with Crippen molar-refractivity contribution in [3.05, 3.63) is 35.6 Å². The molecule has 1 unspecified atom stereocenters. The van der Waals surface area contributed by atoms with Gasteiger partial charge >= 0.3 is 0 Å². The first-order valence-electron chi connectivity index (χ1n) is 7.60. The van der Waals surface area contributed by atoms with Crippen molar-refractivity contribution in [3.8, 4) is 0 Å². The second kappa shape index (κ2) is 6.75. The number of nitrogens with zero attached hydrogens (tertiary/aromatic N) is 1. The number of piperidine rings is 1. The molecule has 0 aliphatic carbocycles. The van der Waals surface area contributed by atoms with E-state index in [0.717, 1.165) is 41.5 Å². The van der Waals surface area contributed by atoms with Crippen LogP contribution in [0.25, 0.3) is 11.0 Å². The summed E-state index contributed by atoms with van der Waals surface area (Å²) in [7, 11) is 0. The molecule has 1 aliphatic heterocycles. The lowest BCUT2D eigenvalue weighted by Gasteiger charge is -2.25. The summed E-state index contributed by atoms with van der Waals surface area (Å²) in [5.41, 5.74) is 1.87. The maximum absolute atomic E-state index is 10.8. The van der Waals surface area contributed by atoms with Crippen molar-refractivity contribution < 1.29 is 9.21 Å². The van der Waals surface area contributed by atoms with Gasteiger partial charge in [-0.1, -0.05) is 28.4 Å². The third-order valence-electron chi connectivity index (χ3n) is 4.15. The second-order valence-corrected chi connectivity index (χ2v) is 6.69. The molecule has 4 heteroatoms. The van der Waals surface area contributed by atoms with Crippen molar-refractivity contribution >= 4 is 33.2 Å². The van der Waals surface area contributed by atoms with Crippen molar-refractivity contribution in [2.75, 3.05) is 19.6 Å². The predicted octanol–water partition coefficient (Wildman–Crippen LogP) is 4.10. The summed E-state index contributed by atoms with van der Waals surface area (Å²) in [4.78, 5) is 13.1. The van der Waals surface area contributed by atoms with Gasteiger partial charge < -0.3 is 14.1 Å².